The second-order valence-corrected chi connectivity index (χ2v) is 6.99. The van der Waals surface area contributed by atoms with Crippen LogP contribution in [-0.4, -0.2) is 55.5 Å². The van der Waals surface area contributed by atoms with Gasteiger partial charge in [0.2, 0.25) is 0 Å². The Morgan fingerprint density at radius 3 is 2.37 bits per heavy atom. The average molecular weight is 372 g/mol. The average Bonchev–Trinajstić information content (AvgIpc) is 2.68. The van der Waals surface area contributed by atoms with Gasteiger partial charge in [-0.15, -0.1) is 0 Å². The highest BCUT2D eigenvalue weighted by Gasteiger charge is 2.22. The van der Waals surface area contributed by atoms with E-state index in [9.17, 15) is 15.2 Å². The predicted molar refractivity (Wildman–Crippen MR) is 104 cm³/mol. The molecule has 0 unspecified atom stereocenters. The summed E-state index contributed by atoms with van der Waals surface area (Å²) in [6.45, 7) is 6.79. The van der Waals surface area contributed by atoms with Gasteiger partial charge in [-0.05, 0) is 31.2 Å². The maximum absolute atomic E-state index is 10.6. The summed E-state index contributed by atoms with van der Waals surface area (Å²) in [5.74, 6) is 0.527. The zero-order valence-electron chi connectivity index (χ0n) is 15.5. The van der Waals surface area contributed by atoms with Crippen molar-refractivity contribution in [2.75, 3.05) is 44.2 Å². The van der Waals surface area contributed by atoms with Crippen LogP contribution in [0.1, 0.15) is 5.56 Å². The summed E-state index contributed by atoms with van der Waals surface area (Å²) < 4.78 is 5.55. The lowest BCUT2D eigenvalue weighted by molar-refractivity contribution is -0.903. The number of hydrogen-bond acceptors (Lipinski definition) is 5. The van der Waals surface area contributed by atoms with Crippen molar-refractivity contribution in [3.05, 3.63) is 64.2 Å². The molecule has 0 saturated carbocycles. The third-order valence-corrected chi connectivity index (χ3v) is 4.88. The minimum atomic E-state index is -0.568. The van der Waals surface area contributed by atoms with Gasteiger partial charge in [0.1, 0.15) is 25.0 Å². The van der Waals surface area contributed by atoms with Crippen molar-refractivity contribution in [3.63, 3.8) is 0 Å². The van der Waals surface area contributed by atoms with Crippen molar-refractivity contribution in [3.8, 4) is 5.75 Å². The number of aliphatic hydroxyl groups is 1. The third-order valence-electron chi connectivity index (χ3n) is 4.88. The molecule has 1 aliphatic heterocycles. The first-order valence-electron chi connectivity index (χ1n) is 9.22. The number of nitrogens with one attached hydrogen (secondary N) is 1. The highest BCUT2D eigenvalue weighted by Crippen LogP contribution is 2.17. The molecule has 0 aliphatic carbocycles. The number of aliphatic hydroxyl groups excluding tert-OH is 1. The van der Waals surface area contributed by atoms with E-state index in [4.69, 9.17) is 4.74 Å². The van der Waals surface area contributed by atoms with Gasteiger partial charge in [-0.2, -0.15) is 0 Å². The Hall–Kier alpha value is -2.64. The molecule has 1 saturated heterocycles. The fourth-order valence-electron chi connectivity index (χ4n) is 3.29. The number of rotatable bonds is 7. The zero-order chi connectivity index (χ0) is 19.2. The van der Waals surface area contributed by atoms with E-state index in [-0.39, 0.29) is 12.3 Å². The van der Waals surface area contributed by atoms with Crippen LogP contribution >= 0.6 is 0 Å². The van der Waals surface area contributed by atoms with Crippen molar-refractivity contribution in [1.82, 2.24) is 0 Å². The van der Waals surface area contributed by atoms with Crippen LogP contribution in [0.15, 0.2) is 48.5 Å². The minimum Gasteiger partial charge on any atom is -0.491 e. The Kier molecular flexibility index (Phi) is 6.26. The van der Waals surface area contributed by atoms with Crippen LogP contribution in [0.3, 0.4) is 0 Å². The van der Waals surface area contributed by atoms with E-state index >= 15 is 0 Å². The fourth-order valence-corrected chi connectivity index (χ4v) is 3.29. The van der Waals surface area contributed by atoms with Crippen molar-refractivity contribution in [2.24, 2.45) is 0 Å². The summed E-state index contributed by atoms with van der Waals surface area (Å²) in [5.41, 5.74) is 2.54. The molecular weight excluding hydrogens is 346 g/mol. The monoisotopic (exact) mass is 372 g/mol. The van der Waals surface area contributed by atoms with Crippen molar-refractivity contribution in [2.45, 2.75) is 13.0 Å². The first-order valence-corrected chi connectivity index (χ1v) is 9.22. The Bertz CT molecular complexity index is 741. The Balaban J connectivity index is 1.40. The largest absolute Gasteiger partial charge is 0.491 e. The molecule has 7 nitrogen and oxygen atoms in total. The molecule has 1 heterocycles. The number of aryl methyl sites for hydroxylation is 1. The summed E-state index contributed by atoms with van der Waals surface area (Å²) in [6, 6.07) is 14.5. The fraction of sp³-hybridized carbons (Fsp3) is 0.400. The summed E-state index contributed by atoms with van der Waals surface area (Å²) in [6.07, 6.45) is -0.568. The quantitative estimate of drug-likeness (QED) is 0.561. The molecule has 0 bridgehead atoms. The highest BCUT2D eigenvalue weighted by atomic mass is 16.6. The molecule has 27 heavy (non-hydrogen) atoms. The SMILES string of the molecule is Cc1ccc(N2CC[NH+](C[C@H](O)COc3ccc([N+](=O)[O-])cc3)CC2)cc1. The summed E-state index contributed by atoms with van der Waals surface area (Å²) in [4.78, 5) is 13.9. The summed E-state index contributed by atoms with van der Waals surface area (Å²) >= 11 is 0. The van der Waals surface area contributed by atoms with Crippen LogP contribution in [0.2, 0.25) is 0 Å². The van der Waals surface area contributed by atoms with Crippen molar-refractivity contribution >= 4 is 11.4 Å². The van der Waals surface area contributed by atoms with Crippen LogP contribution < -0.4 is 14.5 Å². The number of nitrogens with zero attached hydrogens (tertiary/aromatic N) is 2. The van der Waals surface area contributed by atoms with Crippen molar-refractivity contribution in [1.29, 1.82) is 0 Å². The smallest absolute Gasteiger partial charge is 0.269 e. The van der Waals surface area contributed by atoms with Gasteiger partial charge < -0.3 is 19.6 Å². The maximum Gasteiger partial charge on any atom is 0.269 e. The van der Waals surface area contributed by atoms with Gasteiger partial charge in [0, 0.05) is 17.8 Å². The molecule has 1 aliphatic rings. The molecule has 0 amide bonds. The van der Waals surface area contributed by atoms with Crippen LogP contribution in [0.25, 0.3) is 0 Å². The number of nitro groups is 1. The van der Waals surface area contributed by atoms with E-state index in [0.29, 0.717) is 12.3 Å². The van der Waals surface area contributed by atoms with Gasteiger partial charge >= 0.3 is 0 Å². The molecule has 144 valence electrons. The number of hydrogen-bond donors (Lipinski definition) is 2. The van der Waals surface area contributed by atoms with Crippen LogP contribution in [-0.2, 0) is 0 Å². The van der Waals surface area contributed by atoms with Gasteiger partial charge in [0.05, 0.1) is 31.1 Å². The summed E-state index contributed by atoms with van der Waals surface area (Å²) in [5, 5.41) is 20.9. The molecule has 1 atom stereocenters. The van der Waals surface area contributed by atoms with Crippen molar-refractivity contribution < 1.29 is 19.7 Å². The molecule has 2 N–H and O–H groups in total. The van der Waals surface area contributed by atoms with E-state index in [0.717, 1.165) is 26.2 Å². The molecule has 0 radical (unpaired) electrons. The molecular formula is C20H26N3O4+. The topological polar surface area (TPSA) is 80.3 Å². The zero-order valence-corrected chi connectivity index (χ0v) is 15.5. The first-order chi connectivity index (χ1) is 13.0. The third kappa shape index (κ3) is 5.42. The number of non-ortho nitro benzene ring substituents is 1. The van der Waals surface area contributed by atoms with Gasteiger partial charge in [-0.25, -0.2) is 0 Å². The Morgan fingerprint density at radius 2 is 1.78 bits per heavy atom. The van der Waals surface area contributed by atoms with E-state index in [2.05, 4.69) is 36.1 Å². The second kappa shape index (κ2) is 8.83. The van der Waals surface area contributed by atoms with E-state index in [1.165, 1.54) is 28.3 Å². The van der Waals surface area contributed by atoms with Gasteiger partial charge in [0.15, 0.2) is 0 Å². The molecule has 2 aromatic rings. The first kappa shape index (κ1) is 19.1. The van der Waals surface area contributed by atoms with E-state index in [1.54, 1.807) is 12.1 Å². The molecule has 0 aromatic heterocycles. The number of benzene rings is 2. The van der Waals surface area contributed by atoms with Crippen LogP contribution in [0.4, 0.5) is 11.4 Å². The molecule has 2 aromatic carbocycles. The normalized spacial score (nSPS) is 16.1. The lowest BCUT2D eigenvalue weighted by atomic mass is 10.2. The number of nitro benzene ring substituents is 1. The van der Waals surface area contributed by atoms with Crippen LogP contribution in [0, 0.1) is 17.0 Å². The maximum atomic E-state index is 10.6. The van der Waals surface area contributed by atoms with Crippen LogP contribution in [0.5, 0.6) is 5.75 Å². The number of piperazine rings is 1. The van der Waals surface area contributed by atoms with E-state index < -0.39 is 11.0 Å². The predicted octanol–water partition coefficient (Wildman–Crippen LogP) is 1.05. The number of quaternary nitrogens is 1. The second-order valence-electron chi connectivity index (χ2n) is 6.99. The standard InChI is InChI=1S/C20H25N3O4/c1-16-2-4-17(5-3-16)22-12-10-21(11-13-22)14-19(24)15-27-20-8-6-18(7-9-20)23(25)26/h2-9,19,24H,10-15H2,1H3/p+1/t19-/m0/s1. The van der Waals surface area contributed by atoms with Gasteiger partial charge in [-0.1, -0.05) is 17.7 Å². The minimum absolute atomic E-state index is 0.0267. The van der Waals surface area contributed by atoms with E-state index in [1.807, 2.05) is 0 Å². The van der Waals surface area contributed by atoms with Gasteiger partial charge in [0.25, 0.3) is 5.69 Å². The number of ether oxygens (including phenoxy) is 1. The Labute approximate surface area is 158 Å². The molecule has 1 fully saturated rings. The molecule has 0 spiro atoms. The molecule has 3 rings (SSSR count). The lowest BCUT2D eigenvalue weighted by Crippen LogP contribution is -3.16. The molecule has 7 heteroatoms. The van der Waals surface area contributed by atoms with Gasteiger partial charge in [-0.3, -0.25) is 10.1 Å². The lowest BCUT2D eigenvalue weighted by Gasteiger charge is -2.34. The number of anilines is 1. The highest BCUT2D eigenvalue weighted by molar-refractivity contribution is 5.47. The Morgan fingerprint density at radius 1 is 1.15 bits per heavy atom. The summed E-state index contributed by atoms with van der Waals surface area (Å²) in [7, 11) is 0.